The van der Waals surface area contributed by atoms with Crippen LogP contribution < -0.4 is 17.0 Å². The molecule has 3 fully saturated rings. The molecule has 3 saturated heterocycles. The monoisotopic (exact) mass is 688 g/mol. The van der Waals surface area contributed by atoms with E-state index in [4.69, 9.17) is 43.8 Å². The number of methoxy groups -OCH3 is 1. The van der Waals surface area contributed by atoms with Crippen molar-refractivity contribution in [2.24, 2.45) is 0 Å². The van der Waals surface area contributed by atoms with Gasteiger partial charge in [-0.1, -0.05) is 0 Å². The van der Waals surface area contributed by atoms with Crippen LogP contribution in [0.4, 0.5) is 11.8 Å². The number of anilines is 2. The van der Waals surface area contributed by atoms with Gasteiger partial charge in [-0.15, -0.1) is 0 Å². The van der Waals surface area contributed by atoms with Crippen molar-refractivity contribution in [3.63, 3.8) is 0 Å². The van der Waals surface area contributed by atoms with E-state index >= 15 is 0 Å². The third-order valence-electron chi connectivity index (χ3n) is 7.48. The van der Waals surface area contributed by atoms with Gasteiger partial charge in [0, 0.05) is 7.11 Å². The van der Waals surface area contributed by atoms with E-state index in [1.807, 2.05) is 0 Å². The molecular weight excluding hydrogens is 662 g/mol. The van der Waals surface area contributed by atoms with Gasteiger partial charge in [-0.3, -0.25) is 37.0 Å². The Labute approximate surface area is 255 Å². The molecule has 0 bridgehead atoms. The zero-order valence-electron chi connectivity index (χ0n) is 23.4. The maximum atomic E-state index is 13.2. The first kappa shape index (κ1) is 31.2. The smallest absolute Gasteiger partial charge is 0.386 e. The molecule has 0 saturated carbocycles. The second-order valence-corrected chi connectivity index (χ2v) is 13.1. The predicted molar refractivity (Wildman–Crippen MR) is 148 cm³/mol. The number of aliphatic hydroxyl groups is 1. The average molecular weight is 688 g/mol. The van der Waals surface area contributed by atoms with Crippen LogP contribution in [0.3, 0.4) is 0 Å². The van der Waals surface area contributed by atoms with Gasteiger partial charge >= 0.3 is 15.6 Å². The number of aromatic nitrogens is 8. The second-order valence-electron chi connectivity index (χ2n) is 10.4. The molecule has 10 atom stereocenters. The number of aliphatic hydroxyl groups excluding tert-OH is 1. The number of aromatic amines is 1. The molecule has 8 N–H and O–H groups in total. The average Bonchev–Trinajstić information content (AvgIpc) is 3.78. The van der Waals surface area contributed by atoms with E-state index in [9.17, 15) is 28.8 Å². The van der Waals surface area contributed by atoms with E-state index in [1.54, 1.807) is 0 Å². The van der Waals surface area contributed by atoms with E-state index in [0.29, 0.717) is 0 Å². The minimum Gasteiger partial charge on any atom is -0.386 e. The molecule has 7 rings (SSSR count). The fraction of sp³-hybridized carbons (Fsp3) is 0.524. The van der Waals surface area contributed by atoms with Crippen molar-refractivity contribution in [1.29, 1.82) is 0 Å². The summed E-state index contributed by atoms with van der Waals surface area (Å²) in [5.41, 5.74) is 11.2. The van der Waals surface area contributed by atoms with Crippen molar-refractivity contribution in [3.05, 3.63) is 29.3 Å². The number of ether oxygens (including phenoxy) is 3. The minimum absolute atomic E-state index is 0.0280. The van der Waals surface area contributed by atoms with E-state index in [2.05, 4.69) is 29.9 Å². The largest absolute Gasteiger partial charge is 0.473 e. The van der Waals surface area contributed by atoms with Crippen molar-refractivity contribution in [1.82, 2.24) is 39.0 Å². The van der Waals surface area contributed by atoms with Gasteiger partial charge in [0.1, 0.15) is 48.5 Å². The summed E-state index contributed by atoms with van der Waals surface area (Å²) < 4.78 is 66.0. The maximum absolute atomic E-state index is 13.2. The van der Waals surface area contributed by atoms with Crippen LogP contribution in [0, 0.1) is 0 Å². The van der Waals surface area contributed by atoms with Crippen molar-refractivity contribution in [3.8, 4) is 0 Å². The van der Waals surface area contributed by atoms with Crippen molar-refractivity contribution in [2.75, 3.05) is 31.8 Å². The summed E-state index contributed by atoms with van der Waals surface area (Å²) in [5, 5.41) is 11.2. The van der Waals surface area contributed by atoms with Crippen LogP contribution >= 0.6 is 15.6 Å². The van der Waals surface area contributed by atoms with Crippen LogP contribution in [0.1, 0.15) is 12.5 Å². The first-order valence-electron chi connectivity index (χ1n) is 13.3. The number of fused-ring (bicyclic) bond motifs is 3. The van der Waals surface area contributed by atoms with Crippen molar-refractivity contribution in [2.45, 2.75) is 49.1 Å². The predicted octanol–water partition coefficient (Wildman–Crippen LogP) is -1.69. The molecule has 6 unspecified atom stereocenters. The molecule has 46 heavy (non-hydrogen) atoms. The molecule has 0 amide bonds. The fourth-order valence-corrected chi connectivity index (χ4v) is 7.66. The lowest BCUT2D eigenvalue weighted by molar-refractivity contribution is -0.0661. The van der Waals surface area contributed by atoms with E-state index in [0.717, 1.165) is 0 Å². The normalized spacial score (nSPS) is 34.0. The van der Waals surface area contributed by atoms with Crippen LogP contribution in [0.15, 0.2) is 23.8 Å². The first-order chi connectivity index (χ1) is 21.9. The number of phosphoric ester groups is 2. The molecule has 7 heterocycles. The Morgan fingerprint density at radius 3 is 2.48 bits per heavy atom. The van der Waals surface area contributed by atoms with Crippen LogP contribution in [0.2, 0.25) is 0 Å². The summed E-state index contributed by atoms with van der Waals surface area (Å²) >= 11 is 0. The fourth-order valence-electron chi connectivity index (χ4n) is 5.55. The lowest BCUT2D eigenvalue weighted by Gasteiger charge is -2.24. The molecule has 0 aliphatic carbocycles. The third-order valence-corrected chi connectivity index (χ3v) is 9.48. The first-order valence-corrected chi connectivity index (χ1v) is 16.3. The highest BCUT2D eigenvalue weighted by Gasteiger charge is 2.59. The topological polar surface area (TPSA) is 319 Å². The molecule has 4 aromatic heterocycles. The Morgan fingerprint density at radius 2 is 1.72 bits per heavy atom. The second kappa shape index (κ2) is 11.4. The Hall–Kier alpha value is -3.44. The number of nitrogen functional groups attached to an aromatic ring is 2. The number of nitrogens with two attached hydrogens (primary N) is 2. The van der Waals surface area contributed by atoms with Crippen LogP contribution in [0.25, 0.3) is 22.3 Å². The molecule has 248 valence electrons. The van der Waals surface area contributed by atoms with Gasteiger partial charge in [-0.05, 0) is 0 Å². The zero-order valence-corrected chi connectivity index (χ0v) is 25.2. The van der Waals surface area contributed by atoms with Crippen molar-refractivity contribution < 1.29 is 56.3 Å². The highest BCUT2D eigenvalue weighted by molar-refractivity contribution is 7.47. The number of rotatable bonds is 9. The summed E-state index contributed by atoms with van der Waals surface area (Å²) in [7, 11) is -8.24. The van der Waals surface area contributed by atoms with Gasteiger partial charge in [0.25, 0.3) is 5.56 Å². The highest BCUT2D eigenvalue weighted by Crippen LogP contribution is 2.59. The summed E-state index contributed by atoms with van der Waals surface area (Å²) in [4.78, 5) is 55.5. The lowest BCUT2D eigenvalue weighted by Crippen LogP contribution is -2.36. The Kier molecular flexibility index (Phi) is 7.70. The number of nitrogens with zero attached hydrogens (tertiary/aromatic N) is 7. The number of H-pyrrole nitrogens is 1. The summed E-state index contributed by atoms with van der Waals surface area (Å²) in [6.45, 7) is -0.877. The molecule has 0 radical (unpaired) electrons. The minimum atomic E-state index is -5.02. The Morgan fingerprint density at radius 1 is 1.02 bits per heavy atom. The molecule has 0 aromatic carbocycles. The summed E-state index contributed by atoms with van der Waals surface area (Å²) in [6, 6.07) is 0. The van der Waals surface area contributed by atoms with Gasteiger partial charge in [-0.2, -0.15) is 4.98 Å². The number of imidazole rings is 2. The molecule has 23 nitrogen and oxygen atoms in total. The molecule has 3 aliphatic heterocycles. The van der Waals surface area contributed by atoms with E-state index < -0.39 is 76.9 Å². The van der Waals surface area contributed by atoms with E-state index in [1.165, 1.54) is 35.2 Å². The van der Waals surface area contributed by atoms with Gasteiger partial charge in [0.05, 0.1) is 25.9 Å². The molecule has 0 spiro atoms. The SMILES string of the molecule is COC[C@H]1O[C@@H](n2cnc3c(N)ncnc32)C(O)C1OP(=O)(O)OC[C@H]1O[C@@H](n2cnc3c(=O)[nH]c(N)nc32)C2OP(=O)(O)OC21. The quantitative estimate of drug-likeness (QED) is 0.107. The Balaban J connectivity index is 1.09. The van der Waals surface area contributed by atoms with Crippen LogP contribution in [0.5, 0.6) is 0 Å². The number of hydrogen-bond acceptors (Lipinski definition) is 18. The number of nitrogens with one attached hydrogen (secondary N) is 1. The molecule has 4 aromatic rings. The summed E-state index contributed by atoms with van der Waals surface area (Å²) in [6.07, 6.45) is -6.66. The summed E-state index contributed by atoms with van der Waals surface area (Å²) in [5.74, 6) is -0.136. The van der Waals surface area contributed by atoms with Gasteiger partial charge < -0.3 is 40.6 Å². The zero-order chi connectivity index (χ0) is 32.5. The molecule has 3 aliphatic rings. The lowest BCUT2D eigenvalue weighted by atomic mass is 10.1. The van der Waals surface area contributed by atoms with Gasteiger partial charge in [0.2, 0.25) is 5.95 Å². The Bertz CT molecular complexity index is 1950. The van der Waals surface area contributed by atoms with Crippen molar-refractivity contribution >= 4 is 49.7 Å². The van der Waals surface area contributed by atoms with Gasteiger partial charge in [-0.25, -0.2) is 29.1 Å². The van der Waals surface area contributed by atoms with Gasteiger partial charge in [0.15, 0.2) is 35.1 Å². The highest BCUT2D eigenvalue weighted by atomic mass is 31.2. The third kappa shape index (κ3) is 5.39. The standard InChI is InChI=1S/C21H26N10O13P2/c1-38-2-7-12(11(32)19(40-7)30-5-26-9-15(22)24-4-25-16(9)30)42-45(34,35)39-3-8-13-14(44-46(36,37)43-13)20(41-8)31-6-27-10-17(31)28-21(23)29-18(10)33/h4-8,11-14,19-20,32H,2-3H2,1H3,(H,34,35)(H,36,37)(H2,22,24,25)(H3,23,28,29,33)/t7-,8-,11?,12?,13?,14?,19-,20-/m1/s1. The maximum Gasteiger partial charge on any atom is 0.473 e. The number of hydrogen-bond donors (Lipinski definition) is 6. The van der Waals surface area contributed by atoms with Crippen LogP contribution in [-0.4, -0.2) is 111 Å². The van der Waals surface area contributed by atoms with E-state index in [-0.39, 0.29) is 40.7 Å². The van der Waals surface area contributed by atoms with Crippen LogP contribution in [-0.2, 0) is 41.4 Å². The number of phosphoric acid groups is 2. The molecular formula is C21H26N10O13P2. The molecule has 25 heteroatoms.